The lowest BCUT2D eigenvalue weighted by Crippen LogP contribution is -2.09. The molecule has 0 spiro atoms. The molecule has 0 atom stereocenters. The van der Waals surface area contributed by atoms with Crippen LogP contribution in [0.4, 0.5) is 0 Å². The van der Waals surface area contributed by atoms with Crippen LogP contribution in [0.5, 0.6) is 0 Å². The standard InChI is InChI=1S/C15H18N2S2/c1-2-6-12-14(15(16)18)19-13(17-12)10-9-11-7-4-3-5-8-11/h3-5,7-8H,2,6,9-10H2,1H3,(H2,16,18). The van der Waals surface area contributed by atoms with Crippen LogP contribution >= 0.6 is 23.6 Å². The van der Waals surface area contributed by atoms with Crippen LogP contribution in [-0.2, 0) is 19.3 Å². The Labute approximate surface area is 123 Å². The molecule has 4 heteroatoms. The Hall–Kier alpha value is -1.26. The maximum absolute atomic E-state index is 5.77. The maximum atomic E-state index is 5.77. The number of aryl methyl sites for hydroxylation is 3. The first-order valence-corrected chi connectivity index (χ1v) is 7.75. The molecule has 1 aromatic heterocycles. The quantitative estimate of drug-likeness (QED) is 0.827. The van der Waals surface area contributed by atoms with Gasteiger partial charge >= 0.3 is 0 Å². The first-order chi connectivity index (χ1) is 9.20. The van der Waals surface area contributed by atoms with Crippen LogP contribution in [0, 0.1) is 0 Å². The average molecular weight is 290 g/mol. The second kappa shape index (κ2) is 6.78. The van der Waals surface area contributed by atoms with Gasteiger partial charge in [0, 0.05) is 6.42 Å². The summed E-state index contributed by atoms with van der Waals surface area (Å²) in [6.45, 7) is 2.15. The molecule has 2 N–H and O–H groups in total. The van der Waals surface area contributed by atoms with Gasteiger partial charge in [-0.1, -0.05) is 55.9 Å². The van der Waals surface area contributed by atoms with Crippen molar-refractivity contribution >= 4 is 28.5 Å². The van der Waals surface area contributed by atoms with E-state index in [-0.39, 0.29) is 0 Å². The number of aromatic nitrogens is 1. The highest BCUT2D eigenvalue weighted by Gasteiger charge is 2.12. The molecule has 0 unspecified atom stereocenters. The van der Waals surface area contributed by atoms with E-state index in [2.05, 4.69) is 36.2 Å². The van der Waals surface area contributed by atoms with Crippen LogP contribution in [0.2, 0.25) is 0 Å². The molecule has 0 saturated carbocycles. The number of hydrogen-bond acceptors (Lipinski definition) is 3. The Bertz CT molecular complexity index is 547. The van der Waals surface area contributed by atoms with E-state index >= 15 is 0 Å². The van der Waals surface area contributed by atoms with Crippen molar-refractivity contribution in [3.63, 3.8) is 0 Å². The van der Waals surface area contributed by atoms with Gasteiger partial charge in [-0.2, -0.15) is 0 Å². The van der Waals surface area contributed by atoms with Gasteiger partial charge in [-0.05, 0) is 18.4 Å². The second-order valence-electron chi connectivity index (χ2n) is 4.48. The van der Waals surface area contributed by atoms with Crippen molar-refractivity contribution in [2.75, 3.05) is 0 Å². The second-order valence-corrected chi connectivity index (χ2v) is 6.01. The molecule has 0 fully saturated rings. The first kappa shape index (κ1) is 14.2. The summed E-state index contributed by atoms with van der Waals surface area (Å²) in [5.74, 6) is 0. The maximum Gasteiger partial charge on any atom is 0.116 e. The van der Waals surface area contributed by atoms with Gasteiger partial charge in [0.1, 0.15) is 4.99 Å². The third-order valence-corrected chi connectivity index (χ3v) is 4.45. The largest absolute Gasteiger partial charge is 0.389 e. The van der Waals surface area contributed by atoms with Crippen LogP contribution in [0.3, 0.4) is 0 Å². The monoisotopic (exact) mass is 290 g/mol. The van der Waals surface area contributed by atoms with Crippen molar-refractivity contribution in [2.24, 2.45) is 5.73 Å². The summed E-state index contributed by atoms with van der Waals surface area (Å²) >= 11 is 6.75. The van der Waals surface area contributed by atoms with Gasteiger partial charge in [-0.3, -0.25) is 0 Å². The molecule has 1 aromatic carbocycles. The lowest BCUT2D eigenvalue weighted by molar-refractivity contribution is 0.865. The van der Waals surface area contributed by atoms with E-state index in [1.807, 2.05) is 6.07 Å². The number of thiazole rings is 1. The number of rotatable bonds is 6. The molecule has 1 heterocycles. The molecule has 0 aliphatic carbocycles. The molecule has 0 amide bonds. The Kier molecular flexibility index (Phi) is 5.05. The van der Waals surface area contributed by atoms with Crippen LogP contribution in [0.15, 0.2) is 30.3 Å². The zero-order valence-corrected chi connectivity index (χ0v) is 12.7. The Morgan fingerprint density at radius 3 is 2.58 bits per heavy atom. The summed E-state index contributed by atoms with van der Waals surface area (Å²) in [6, 6.07) is 10.5. The lowest BCUT2D eigenvalue weighted by atomic mass is 10.1. The number of nitrogens with zero attached hydrogens (tertiary/aromatic N) is 1. The highest BCUT2D eigenvalue weighted by atomic mass is 32.1. The molecule has 100 valence electrons. The van der Waals surface area contributed by atoms with Crippen molar-refractivity contribution in [3.05, 3.63) is 51.5 Å². The van der Waals surface area contributed by atoms with E-state index in [9.17, 15) is 0 Å². The summed E-state index contributed by atoms with van der Waals surface area (Å²) in [4.78, 5) is 6.17. The van der Waals surface area contributed by atoms with Gasteiger partial charge in [-0.25, -0.2) is 4.98 Å². The average Bonchev–Trinajstić information content (AvgIpc) is 2.81. The Morgan fingerprint density at radius 1 is 1.21 bits per heavy atom. The van der Waals surface area contributed by atoms with Gasteiger partial charge in [0.25, 0.3) is 0 Å². The SMILES string of the molecule is CCCc1nc(CCc2ccccc2)sc1C(N)=S. The van der Waals surface area contributed by atoms with Crippen molar-refractivity contribution in [2.45, 2.75) is 32.6 Å². The molecular weight excluding hydrogens is 272 g/mol. The summed E-state index contributed by atoms with van der Waals surface area (Å²) in [7, 11) is 0. The molecule has 2 nitrogen and oxygen atoms in total. The highest BCUT2D eigenvalue weighted by Crippen LogP contribution is 2.21. The summed E-state index contributed by atoms with van der Waals surface area (Å²) in [5.41, 5.74) is 8.18. The third kappa shape index (κ3) is 3.85. The van der Waals surface area contributed by atoms with E-state index in [0.717, 1.165) is 41.3 Å². The minimum atomic E-state index is 0.479. The fourth-order valence-corrected chi connectivity index (χ4v) is 3.21. The third-order valence-electron chi connectivity index (χ3n) is 2.92. The normalized spacial score (nSPS) is 10.6. The van der Waals surface area contributed by atoms with Gasteiger partial charge in [0.05, 0.1) is 15.6 Å². The molecule has 2 rings (SSSR count). The van der Waals surface area contributed by atoms with Gasteiger partial charge in [-0.15, -0.1) is 11.3 Å². The number of thiocarbonyl (C=S) groups is 1. The molecule has 0 radical (unpaired) electrons. The molecule has 0 aliphatic rings. The highest BCUT2D eigenvalue weighted by molar-refractivity contribution is 7.81. The number of benzene rings is 1. The van der Waals surface area contributed by atoms with Crippen LogP contribution < -0.4 is 5.73 Å². The van der Waals surface area contributed by atoms with Gasteiger partial charge in [0.15, 0.2) is 0 Å². The van der Waals surface area contributed by atoms with Crippen molar-refractivity contribution in [3.8, 4) is 0 Å². The lowest BCUT2D eigenvalue weighted by Gasteiger charge is -1.97. The van der Waals surface area contributed by atoms with Gasteiger partial charge in [0.2, 0.25) is 0 Å². The van der Waals surface area contributed by atoms with Crippen LogP contribution in [-0.4, -0.2) is 9.97 Å². The predicted molar refractivity (Wildman–Crippen MR) is 85.8 cm³/mol. The molecule has 0 saturated heterocycles. The van der Waals surface area contributed by atoms with Crippen molar-refractivity contribution in [1.29, 1.82) is 0 Å². The number of nitrogens with two attached hydrogens (primary N) is 1. The summed E-state index contributed by atoms with van der Waals surface area (Å²) in [5, 5.41) is 1.13. The van der Waals surface area contributed by atoms with E-state index < -0.39 is 0 Å². The molecular formula is C15H18N2S2. The van der Waals surface area contributed by atoms with E-state index in [4.69, 9.17) is 18.0 Å². The Balaban J connectivity index is 2.08. The molecule has 0 bridgehead atoms. The van der Waals surface area contributed by atoms with Gasteiger partial charge < -0.3 is 5.73 Å². The van der Waals surface area contributed by atoms with Crippen LogP contribution in [0.25, 0.3) is 0 Å². The molecule has 2 aromatic rings. The number of hydrogen-bond donors (Lipinski definition) is 1. The summed E-state index contributed by atoms with van der Waals surface area (Å²) in [6.07, 6.45) is 3.98. The van der Waals surface area contributed by atoms with Crippen molar-refractivity contribution < 1.29 is 0 Å². The topological polar surface area (TPSA) is 38.9 Å². The minimum absolute atomic E-state index is 0.479. The fourth-order valence-electron chi connectivity index (χ4n) is 2.00. The van der Waals surface area contributed by atoms with Crippen molar-refractivity contribution in [1.82, 2.24) is 4.98 Å². The first-order valence-electron chi connectivity index (χ1n) is 6.53. The van der Waals surface area contributed by atoms with E-state index in [1.54, 1.807) is 11.3 Å². The minimum Gasteiger partial charge on any atom is -0.389 e. The summed E-state index contributed by atoms with van der Waals surface area (Å²) < 4.78 is 0. The van der Waals surface area contributed by atoms with E-state index in [1.165, 1.54) is 5.56 Å². The smallest absolute Gasteiger partial charge is 0.116 e. The zero-order chi connectivity index (χ0) is 13.7. The van der Waals surface area contributed by atoms with E-state index in [0.29, 0.717) is 4.99 Å². The molecule has 19 heavy (non-hydrogen) atoms. The van der Waals surface area contributed by atoms with Crippen LogP contribution in [0.1, 0.15) is 34.5 Å². The molecule has 0 aliphatic heterocycles. The Morgan fingerprint density at radius 2 is 1.95 bits per heavy atom. The predicted octanol–water partition coefficient (Wildman–Crippen LogP) is 3.52. The fraction of sp³-hybridized carbons (Fsp3) is 0.333. The zero-order valence-electron chi connectivity index (χ0n) is 11.1.